The fourth-order valence-corrected chi connectivity index (χ4v) is 0. The summed E-state index contributed by atoms with van der Waals surface area (Å²) in [6.07, 6.45) is 0. The monoisotopic (exact) mass is 612 g/mol. The van der Waals surface area contributed by atoms with E-state index in [2.05, 4.69) is 0 Å². The Kier molecular flexibility index (Phi) is 25.1. The van der Waals surface area contributed by atoms with Crippen LogP contribution in [0.25, 0.3) is 0 Å². The van der Waals surface area contributed by atoms with Gasteiger partial charge in [0, 0.05) is 0 Å². The molecular formula is O12P3UY. The summed E-state index contributed by atoms with van der Waals surface area (Å²) in [6, 6.07) is 0. The third kappa shape index (κ3) is 813. The van der Waals surface area contributed by atoms with Crippen molar-refractivity contribution >= 4 is 23.5 Å². The third-order valence-corrected chi connectivity index (χ3v) is 0. The van der Waals surface area contributed by atoms with Crippen LogP contribution in [0.1, 0.15) is 0 Å². The molecule has 0 aromatic heterocycles. The summed E-state index contributed by atoms with van der Waals surface area (Å²) >= 11 is 0. The molecule has 0 aromatic carbocycles. The van der Waals surface area contributed by atoms with Crippen LogP contribution in [0.5, 0.6) is 0 Å². The standard InChI is InChI=1S/3H3O4P.U.Y/c3*1-5(2,3)4;;/h3*(H3,1,2,3,4);;/q;;;+6;+3/p-9. The maximum atomic E-state index is 8.55. The molecule has 0 atom stereocenters. The van der Waals surface area contributed by atoms with Crippen molar-refractivity contribution in [2.45, 2.75) is 0 Å². The largest absolute Gasteiger partial charge is 6.00 e. The Bertz CT molecular complexity index is 208. The zero-order chi connectivity index (χ0) is 13.5. The minimum atomic E-state index is -5.39. The predicted molar refractivity (Wildman–Crippen MR) is 22.8 cm³/mol. The third-order valence-electron chi connectivity index (χ3n) is 0. The molecular weight excluding hydrogens is 612 g/mol. The molecule has 0 aliphatic heterocycles. The van der Waals surface area contributed by atoms with Crippen LogP contribution in [0.3, 0.4) is 0 Å². The average Bonchev–Trinajstić information content (AvgIpc) is 1.41. The zero-order valence-electron chi connectivity index (χ0n) is 7.32. The van der Waals surface area contributed by atoms with Crippen molar-refractivity contribution in [2.24, 2.45) is 0 Å². The van der Waals surface area contributed by atoms with E-state index in [0.717, 1.165) is 0 Å². The van der Waals surface area contributed by atoms with Gasteiger partial charge in [-0.1, -0.05) is 0 Å². The van der Waals surface area contributed by atoms with E-state index in [9.17, 15) is 0 Å². The van der Waals surface area contributed by atoms with E-state index in [1.807, 2.05) is 0 Å². The van der Waals surface area contributed by atoms with E-state index in [1.54, 1.807) is 0 Å². The fraction of sp³-hybridized carbons (Fsp3) is 0. The van der Waals surface area contributed by atoms with Gasteiger partial charge in [-0.3, -0.25) is 0 Å². The molecule has 0 heterocycles. The SMILES string of the molecule is O=P([O-])([O-])[O-].O=P([O-])([O-])[O-].O=P([O-])([O-])[O-].[U+6].[Y+3]. The number of phosphoric acid groups is 3. The smallest absolute Gasteiger partial charge is 0.822 e. The van der Waals surface area contributed by atoms with E-state index >= 15 is 0 Å². The predicted octanol–water partition coefficient (Wildman–Crippen LogP) is -8.48. The first-order valence-corrected chi connectivity index (χ1v) is 6.57. The van der Waals surface area contributed by atoms with E-state index in [-0.39, 0.29) is 63.8 Å². The number of hydrogen-bond donors (Lipinski definition) is 0. The van der Waals surface area contributed by atoms with Gasteiger partial charge in [0.2, 0.25) is 0 Å². The average molecular weight is 612 g/mol. The van der Waals surface area contributed by atoms with E-state index < -0.39 is 23.5 Å². The Hall–Kier alpha value is 2.49. The maximum Gasteiger partial charge on any atom is 6.00 e. The molecule has 0 aliphatic rings. The topological polar surface area (TPSA) is 259 Å². The molecule has 0 N–H and O–H groups in total. The minimum Gasteiger partial charge on any atom is -0.822 e. The summed E-state index contributed by atoms with van der Waals surface area (Å²) < 4.78 is 25.6. The van der Waals surface area contributed by atoms with Gasteiger partial charge in [0.25, 0.3) is 0 Å². The second-order valence-electron chi connectivity index (χ2n) is 1.34. The second-order valence-corrected chi connectivity index (χ2v) is 4.02. The molecule has 12 nitrogen and oxygen atoms in total. The first kappa shape index (κ1) is 31.7. The molecule has 0 bridgehead atoms. The molecule has 0 fully saturated rings. The van der Waals surface area contributed by atoms with Crippen LogP contribution in [-0.2, 0) is 46.4 Å². The van der Waals surface area contributed by atoms with E-state index in [1.165, 1.54) is 0 Å². The number of rotatable bonds is 0. The first-order chi connectivity index (χ1) is 6.00. The normalized spacial score (nSPS) is 10.4. The maximum absolute atomic E-state index is 8.55. The van der Waals surface area contributed by atoms with Gasteiger partial charge in [-0.05, 0) is 0 Å². The van der Waals surface area contributed by atoms with Crippen molar-refractivity contribution in [3.8, 4) is 0 Å². The molecule has 0 saturated heterocycles. The van der Waals surface area contributed by atoms with Gasteiger partial charge in [-0.2, -0.15) is 23.5 Å². The Morgan fingerprint density at radius 2 is 0.471 bits per heavy atom. The Morgan fingerprint density at radius 1 is 0.471 bits per heavy atom. The molecule has 0 rings (SSSR count). The molecule has 17 heteroatoms. The van der Waals surface area contributed by atoms with Crippen LogP contribution in [0.15, 0.2) is 0 Å². The molecule has 0 aromatic rings. The van der Waals surface area contributed by atoms with Crippen molar-refractivity contribution in [1.29, 1.82) is 0 Å². The molecule has 94 valence electrons. The van der Waals surface area contributed by atoms with E-state index in [0.29, 0.717) is 0 Å². The van der Waals surface area contributed by atoms with Gasteiger partial charge in [-0.25, -0.2) is 0 Å². The molecule has 0 saturated carbocycles. The van der Waals surface area contributed by atoms with Crippen molar-refractivity contribution in [2.75, 3.05) is 0 Å². The van der Waals surface area contributed by atoms with Crippen LogP contribution in [-0.4, -0.2) is 0 Å². The molecule has 0 unspecified atom stereocenters. The Morgan fingerprint density at radius 3 is 0.471 bits per heavy atom. The van der Waals surface area contributed by atoms with Gasteiger partial charge < -0.3 is 57.7 Å². The summed E-state index contributed by atoms with van der Waals surface area (Å²) in [5.74, 6) is 0. The summed E-state index contributed by atoms with van der Waals surface area (Å²) in [4.78, 5) is 76.9. The molecule has 0 spiro atoms. The molecule has 0 aliphatic carbocycles. The second kappa shape index (κ2) is 13.5. The molecule has 0 amide bonds. The molecule has 0 radical (unpaired) electrons. The van der Waals surface area contributed by atoms with Crippen LogP contribution >= 0.6 is 23.5 Å². The minimum absolute atomic E-state index is 0. The summed E-state index contributed by atoms with van der Waals surface area (Å²) in [5, 5.41) is 0. The van der Waals surface area contributed by atoms with Crippen LogP contribution in [0.4, 0.5) is 0 Å². The van der Waals surface area contributed by atoms with Gasteiger partial charge >= 0.3 is 63.8 Å². The van der Waals surface area contributed by atoms with Crippen LogP contribution < -0.4 is 44.0 Å². The van der Waals surface area contributed by atoms with E-state index in [4.69, 9.17) is 57.7 Å². The van der Waals surface area contributed by atoms with Crippen molar-refractivity contribution in [3.05, 3.63) is 0 Å². The fourth-order valence-electron chi connectivity index (χ4n) is 0. The summed E-state index contributed by atoms with van der Waals surface area (Å²) in [7, 11) is -16.2. The van der Waals surface area contributed by atoms with Crippen LogP contribution in [0, 0.1) is 31.1 Å². The number of hydrogen-bond acceptors (Lipinski definition) is 12. The Balaban J connectivity index is -0.0000000400. The molecule has 17 heavy (non-hydrogen) atoms. The van der Waals surface area contributed by atoms with Gasteiger partial charge in [-0.15, -0.1) is 0 Å². The quantitative estimate of drug-likeness (QED) is 0.231. The van der Waals surface area contributed by atoms with Crippen molar-refractivity contribution in [1.82, 2.24) is 0 Å². The summed E-state index contributed by atoms with van der Waals surface area (Å²) in [6.45, 7) is 0. The van der Waals surface area contributed by atoms with Crippen LogP contribution in [0.2, 0.25) is 0 Å². The summed E-state index contributed by atoms with van der Waals surface area (Å²) in [5.41, 5.74) is 0. The van der Waals surface area contributed by atoms with Crippen molar-refractivity contribution < 1.29 is 122 Å². The zero-order valence-corrected chi connectivity index (χ0v) is 17.0. The first-order valence-electron chi connectivity index (χ1n) is 2.19. The van der Waals surface area contributed by atoms with Crippen molar-refractivity contribution in [3.63, 3.8) is 0 Å². The van der Waals surface area contributed by atoms with Gasteiger partial charge in [0.15, 0.2) is 0 Å². The van der Waals surface area contributed by atoms with Gasteiger partial charge in [0.1, 0.15) is 0 Å². The van der Waals surface area contributed by atoms with Gasteiger partial charge in [0.05, 0.1) is 0 Å². The Labute approximate surface area is 143 Å².